The molecule has 0 unspecified atom stereocenters. The third-order valence-electron chi connectivity index (χ3n) is 1.38. The maximum absolute atomic E-state index is 10.7. The minimum atomic E-state index is -0.429. The quantitative estimate of drug-likeness (QED) is 0.688. The van der Waals surface area contributed by atoms with Crippen molar-refractivity contribution >= 4 is 22.5 Å². The number of carbonyl (C=O) groups excluding carboxylic acids is 1. The molecule has 0 aliphatic heterocycles. The predicted molar refractivity (Wildman–Crippen MR) is 46.2 cm³/mol. The summed E-state index contributed by atoms with van der Waals surface area (Å²) in [6.45, 7) is 0. The Kier molecular flexibility index (Phi) is 2.49. The van der Waals surface area contributed by atoms with Crippen LogP contribution in [0.1, 0.15) is 10.4 Å². The second-order valence-electron chi connectivity index (χ2n) is 2.10. The van der Waals surface area contributed by atoms with Gasteiger partial charge in [0.2, 0.25) is 0 Å². The Morgan fingerprint density at radius 3 is 2.82 bits per heavy atom. The molecule has 1 N–H and O–H groups in total. The van der Waals surface area contributed by atoms with Gasteiger partial charge in [0.05, 0.1) is 0 Å². The van der Waals surface area contributed by atoms with Gasteiger partial charge in [-0.2, -0.15) is 0 Å². The highest BCUT2D eigenvalue weighted by molar-refractivity contribution is 6.67. The minimum absolute atomic E-state index is 0.429. The van der Waals surface area contributed by atoms with Gasteiger partial charge in [0.1, 0.15) is 0 Å². The molecule has 1 rings (SSSR count). The third-order valence-corrected chi connectivity index (χ3v) is 1.60. The topological polar surface area (TPSA) is 29.1 Å². The van der Waals surface area contributed by atoms with Crippen LogP contribution in [0.5, 0.6) is 0 Å². The summed E-state index contributed by atoms with van der Waals surface area (Å²) < 4.78 is 0. The lowest BCUT2D eigenvalue weighted by Gasteiger charge is -1.99. The Morgan fingerprint density at radius 2 is 2.27 bits per heavy atom. The molecular weight excluding hydrogens is 162 g/mol. The molecule has 1 aromatic rings. The average Bonchev–Trinajstić information content (AvgIpc) is 2.05. The molecule has 0 aliphatic carbocycles. The fourth-order valence-electron chi connectivity index (χ4n) is 0.797. The highest BCUT2D eigenvalue weighted by Crippen LogP contribution is 2.11. The Balaban J connectivity index is 3.01. The molecule has 1 aromatic carbocycles. The van der Waals surface area contributed by atoms with Gasteiger partial charge in [-0.25, -0.2) is 0 Å². The van der Waals surface area contributed by atoms with Crippen LogP contribution in [0.25, 0.3) is 0 Å². The van der Waals surface area contributed by atoms with Gasteiger partial charge in [0.25, 0.3) is 5.24 Å². The smallest absolute Gasteiger partial charge is 0.252 e. The van der Waals surface area contributed by atoms with Gasteiger partial charge in [0, 0.05) is 18.3 Å². The van der Waals surface area contributed by atoms with Crippen LogP contribution in [0.2, 0.25) is 0 Å². The van der Waals surface area contributed by atoms with E-state index in [0.717, 1.165) is 5.69 Å². The molecule has 3 heteroatoms. The van der Waals surface area contributed by atoms with Crippen LogP contribution in [0.15, 0.2) is 24.3 Å². The van der Waals surface area contributed by atoms with Crippen LogP contribution in [0.4, 0.5) is 5.69 Å². The van der Waals surface area contributed by atoms with E-state index < -0.39 is 5.24 Å². The van der Waals surface area contributed by atoms with Crippen molar-refractivity contribution in [3.05, 3.63) is 29.8 Å². The van der Waals surface area contributed by atoms with Crippen molar-refractivity contribution in [1.29, 1.82) is 0 Å². The molecule has 0 saturated carbocycles. The first-order chi connectivity index (χ1) is 5.24. The van der Waals surface area contributed by atoms with E-state index in [1.54, 1.807) is 25.2 Å². The number of benzene rings is 1. The van der Waals surface area contributed by atoms with Crippen LogP contribution in [-0.4, -0.2) is 12.3 Å². The van der Waals surface area contributed by atoms with Crippen molar-refractivity contribution < 1.29 is 4.79 Å². The second-order valence-corrected chi connectivity index (χ2v) is 2.45. The first kappa shape index (κ1) is 8.08. The SMILES string of the molecule is CNc1cccc(C(=O)Cl)c1. The summed E-state index contributed by atoms with van der Waals surface area (Å²) in [7, 11) is 1.79. The monoisotopic (exact) mass is 169 g/mol. The molecule has 0 bridgehead atoms. The van der Waals surface area contributed by atoms with Gasteiger partial charge in [-0.05, 0) is 29.8 Å². The standard InChI is InChI=1S/C8H8ClNO/c1-10-7-4-2-3-6(5-7)8(9)11/h2-5,10H,1H3. The molecule has 0 aromatic heterocycles. The highest BCUT2D eigenvalue weighted by atomic mass is 35.5. The summed E-state index contributed by atoms with van der Waals surface area (Å²) in [6.07, 6.45) is 0. The van der Waals surface area contributed by atoms with Crippen molar-refractivity contribution in [3.63, 3.8) is 0 Å². The van der Waals surface area contributed by atoms with Crippen molar-refractivity contribution in [1.82, 2.24) is 0 Å². The fourth-order valence-corrected chi connectivity index (χ4v) is 0.915. The van der Waals surface area contributed by atoms with Crippen LogP contribution in [0, 0.1) is 0 Å². The molecule has 0 radical (unpaired) electrons. The first-order valence-electron chi connectivity index (χ1n) is 3.21. The zero-order valence-electron chi connectivity index (χ0n) is 6.10. The summed E-state index contributed by atoms with van der Waals surface area (Å²) in [5, 5.41) is 2.48. The van der Waals surface area contributed by atoms with Gasteiger partial charge in [-0.3, -0.25) is 4.79 Å². The fraction of sp³-hybridized carbons (Fsp3) is 0.125. The number of rotatable bonds is 2. The first-order valence-corrected chi connectivity index (χ1v) is 3.59. The summed E-state index contributed by atoms with van der Waals surface area (Å²) >= 11 is 5.27. The molecule has 0 fully saturated rings. The molecular formula is C8H8ClNO. The van der Waals surface area contributed by atoms with Crippen LogP contribution in [0.3, 0.4) is 0 Å². The van der Waals surface area contributed by atoms with Crippen LogP contribution in [-0.2, 0) is 0 Å². The Morgan fingerprint density at radius 1 is 1.55 bits per heavy atom. The molecule has 11 heavy (non-hydrogen) atoms. The molecule has 0 atom stereocenters. The highest BCUT2D eigenvalue weighted by Gasteiger charge is 2.00. The second kappa shape index (κ2) is 3.39. The lowest BCUT2D eigenvalue weighted by atomic mass is 10.2. The lowest BCUT2D eigenvalue weighted by Crippen LogP contribution is -1.92. The zero-order valence-corrected chi connectivity index (χ0v) is 6.85. The van der Waals surface area contributed by atoms with Gasteiger partial charge in [-0.15, -0.1) is 0 Å². The van der Waals surface area contributed by atoms with Crippen LogP contribution >= 0.6 is 11.6 Å². The molecule has 0 amide bonds. The summed E-state index contributed by atoms with van der Waals surface area (Å²) in [5.41, 5.74) is 1.40. The van der Waals surface area contributed by atoms with E-state index in [9.17, 15) is 4.79 Å². The van der Waals surface area contributed by atoms with Gasteiger partial charge < -0.3 is 5.32 Å². The van der Waals surface area contributed by atoms with Crippen molar-refractivity contribution in [2.24, 2.45) is 0 Å². The number of carbonyl (C=O) groups is 1. The van der Waals surface area contributed by atoms with E-state index in [4.69, 9.17) is 11.6 Å². The van der Waals surface area contributed by atoms with Gasteiger partial charge >= 0.3 is 0 Å². The van der Waals surface area contributed by atoms with E-state index in [-0.39, 0.29) is 0 Å². The maximum atomic E-state index is 10.7. The minimum Gasteiger partial charge on any atom is -0.388 e. The normalized spacial score (nSPS) is 9.27. The van der Waals surface area contributed by atoms with Crippen molar-refractivity contribution in [2.45, 2.75) is 0 Å². The summed E-state index contributed by atoms with van der Waals surface area (Å²) in [5.74, 6) is 0. The Labute approximate surface area is 70.2 Å². The number of anilines is 1. The number of nitrogens with one attached hydrogen (secondary N) is 1. The number of halogens is 1. The van der Waals surface area contributed by atoms with Gasteiger partial charge in [-0.1, -0.05) is 6.07 Å². The average molecular weight is 170 g/mol. The predicted octanol–water partition coefficient (Wildman–Crippen LogP) is 2.11. The largest absolute Gasteiger partial charge is 0.388 e. The molecule has 0 spiro atoms. The Bertz CT molecular complexity index is 273. The van der Waals surface area contributed by atoms with E-state index in [1.807, 2.05) is 6.07 Å². The molecule has 0 heterocycles. The molecule has 0 saturated heterocycles. The van der Waals surface area contributed by atoms with E-state index in [1.165, 1.54) is 0 Å². The molecule has 2 nitrogen and oxygen atoms in total. The van der Waals surface area contributed by atoms with Gasteiger partial charge in [0.15, 0.2) is 0 Å². The van der Waals surface area contributed by atoms with Crippen molar-refractivity contribution in [2.75, 3.05) is 12.4 Å². The lowest BCUT2D eigenvalue weighted by molar-refractivity contribution is 0.108. The summed E-state index contributed by atoms with van der Waals surface area (Å²) in [6, 6.07) is 7.02. The maximum Gasteiger partial charge on any atom is 0.252 e. The van der Waals surface area contributed by atoms with Crippen molar-refractivity contribution in [3.8, 4) is 0 Å². The van der Waals surface area contributed by atoms with E-state index in [0.29, 0.717) is 5.56 Å². The van der Waals surface area contributed by atoms with E-state index >= 15 is 0 Å². The molecule has 0 aliphatic rings. The van der Waals surface area contributed by atoms with Crippen LogP contribution < -0.4 is 5.32 Å². The number of hydrogen-bond acceptors (Lipinski definition) is 2. The molecule has 58 valence electrons. The Hall–Kier alpha value is -1.02. The number of hydrogen-bond donors (Lipinski definition) is 1. The van der Waals surface area contributed by atoms with E-state index in [2.05, 4.69) is 5.32 Å². The summed E-state index contributed by atoms with van der Waals surface area (Å²) in [4.78, 5) is 10.7. The zero-order chi connectivity index (χ0) is 8.27. The third kappa shape index (κ3) is 1.95.